The maximum atomic E-state index is 5.14. The largest absolute Gasteiger partial charge is 0.497 e. The summed E-state index contributed by atoms with van der Waals surface area (Å²) < 4.78 is 5.14. The van der Waals surface area contributed by atoms with Crippen LogP contribution >= 0.6 is 11.8 Å². The SMILES string of the molecule is COc1ccc(SC2=CCCCC2)cc1. The minimum absolute atomic E-state index is 0.928. The Kier molecular flexibility index (Phi) is 3.73. The average molecular weight is 220 g/mol. The Hall–Kier alpha value is -0.890. The van der Waals surface area contributed by atoms with E-state index in [9.17, 15) is 0 Å². The fourth-order valence-corrected chi connectivity index (χ4v) is 2.72. The Bertz CT molecular complexity index is 340. The predicted octanol–water partition coefficient (Wildman–Crippen LogP) is 4.25. The van der Waals surface area contributed by atoms with Crippen LogP contribution in [0.5, 0.6) is 5.75 Å². The summed E-state index contributed by atoms with van der Waals surface area (Å²) in [7, 11) is 1.70. The molecular formula is C13H16OS. The van der Waals surface area contributed by atoms with E-state index in [1.165, 1.54) is 35.5 Å². The van der Waals surface area contributed by atoms with Crippen molar-refractivity contribution in [2.24, 2.45) is 0 Å². The maximum Gasteiger partial charge on any atom is 0.118 e. The van der Waals surface area contributed by atoms with Crippen LogP contribution in [-0.2, 0) is 0 Å². The minimum Gasteiger partial charge on any atom is -0.497 e. The van der Waals surface area contributed by atoms with Crippen molar-refractivity contribution in [3.63, 3.8) is 0 Å². The Morgan fingerprint density at radius 1 is 1.13 bits per heavy atom. The summed E-state index contributed by atoms with van der Waals surface area (Å²) >= 11 is 1.89. The molecule has 1 nitrogen and oxygen atoms in total. The first kappa shape index (κ1) is 10.6. The average Bonchev–Trinajstić information content (AvgIpc) is 2.31. The van der Waals surface area contributed by atoms with Crippen LogP contribution in [0.1, 0.15) is 25.7 Å². The van der Waals surface area contributed by atoms with Gasteiger partial charge in [-0.25, -0.2) is 0 Å². The van der Waals surface area contributed by atoms with Gasteiger partial charge in [-0.15, -0.1) is 0 Å². The van der Waals surface area contributed by atoms with Crippen LogP contribution in [0.4, 0.5) is 0 Å². The van der Waals surface area contributed by atoms with Crippen LogP contribution in [-0.4, -0.2) is 7.11 Å². The van der Waals surface area contributed by atoms with E-state index in [1.54, 1.807) is 7.11 Å². The molecule has 1 aromatic rings. The second-order valence-electron chi connectivity index (χ2n) is 3.69. The number of methoxy groups -OCH3 is 1. The zero-order chi connectivity index (χ0) is 10.5. The highest BCUT2D eigenvalue weighted by atomic mass is 32.2. The molecule has 0 aromatic heterocycles. The summed E-state index contributed by atoms with van der Waals surface area (Å²) in [4.78, 5) is 2.83. The van der Waals surface area contributed by atoms with Crippen molar-refractivity contribution < 1.29 is 4.74 Å². The van der Waals surface area contributed by atoms with Gasteiger partial charge < -0.3 is 4.74 Å². The van der Waals surface area contributed by atoms with Crippen LogP contribution in [0.3, 0.4) is 0 Å². The molecule has 1 aliphatic carbocycles. The number of allylic oxidation sites excluding steroid dienone is 2. The lowest BCUT2D eigenvalue weighted by molar-refractivity contribution is 0.414. The molecule has 0 unspecified atom stereocenters. The number of hydrogen-bond acceptors (Lipinski definition) is 2. The second kappa shape index (κ2) is 5.26. The first-order valence-corrected chi connectivity index (χ1v) is 6.21. The van der Waals surface area contributed by atoms with Gasteiger partial charge in [0.15, 0.2) is 0 Å². The molecule has 0 saturated carbocycles. The highest BCUT2D eigenvalue weighted by Crippen LogP contribution is 2.33. The fourth-order valence-electron chi connectivity index (χ4n) is 1.70. The fraction of sp³-hybridized carbons (Fsp3) is 0.385. The highest BCUT2D eigenvalue weighted by molar-refractivity contribution is 8.03. The third kappa shape index (κ3) is 3.03. The molecule has 0 bridgehead atoms. The number of hydrogen-bond donors (Lipinski definition) is 0. The van der Waals surface area contributed by atoms with Crippen LogP contribution < -0.4 is 4.74 Å². The lowest BCUT2D eigenvalue weighted by Gasteiger charge is -2.11. The van der Waals surface area contributed by atoms with Gasteiger partial charge in [0.1, 0.15) is 5.75 Å². The van der Waals surface area contributed by atoms with E-state index in [0.29, 0.717) is 0 Å². The monoisotopic (exact) mass is 220 g/mol. The molecular weight excluding hydrogens is 204 g/mol. The Morgan fingerprint density at radius 3 is 2.53 bits per heavy atom. The third-order valence-electron chi connectivity index (χ3n) is 2.56. The first-order valence-electron chi connectivity index (χ1n) is 5.39. The van der Waals surface area contributed by atoms with E-state index in [0.717, 1.165) is 5.75 Å². The lowest BCUT2D eigenvalue weighted by Crippen LogP contribution is -1.88. The zero-order valence-corrected chi connectivity index (χ0v) is 9.85. The molecule has 1 aliphatic rings. The number of benzene rings is 1. The highest BCUT2D eigenvalue weighted by Gasteiger charge is 2.05. The van der Waals surface area contributed by atoms with Gasteiger partial charge in [-0.1, -0.05) is 17.8 Å². The number of thioether (sulfide) groups is 1. The second-order valence-corrected chi connectivity index (χ2v) is 4.89. The molecule has 0 aliphatic heterocycles. The van der Waals surface area contributed by atoms with Crippen LogP contribution in [0, 0.1) is 0 Å². The molecule has 0 saturated heterocycles. The number of rotatable bonds is 3. The topological polar surface area (TPSA) is 9.23 Å². The van der Waals surface area contributed by atoms with Gasteiger partial charge in [0.2, 0.25) is 0 Å². The predicted molar refractivity (Wildman–Crippen MR) is 65.4 cm³/mol. The Morgan fingerprint density at radius 2 is 1.93 bits per heavy atom. The van der Waals surface area contributed by atoms with E-state index in [2.05, 4.69) is 18.2 Å². The molecule has 0 amide bonds. The molecule has 0 radical (unpaired) electrons. The van der Waals surface area contributed by atoms with Crippen molar-refractivity contribution in [1.29, 1.82) is 0 Å². The minimum atomic E-state index is 0.928. The van der Waals surface area contributed by atoms with Crippen molar-refractivity contribution >= 4 is 11.8 Å². The molecule has 0 spiro atoms. The van der Waals surface area contributed by atoms with Gasteiger partial charge >= 0.3 is 0 Å². The molecule has 2 heteroatoms. The van der Waals surface area contributed by atoms with Crippen molar-refractivity contribution in [3.8, 4) is 5.75 Å². The molecule has 2 rings (SSSR count). The Labute approximate surface area is 95.5 Å². The molecule has 0 heterocycles. The van der Waals surface area contributed by atoms with Gasteiger partial charge in [0.05, 0.1) is 7.11 Å². The molecule has 1 aromatic carbocycles. The van der Waals surface area contributed by atoms with Gasteiger partial charge in [-0.3, -0.25) is 0 Å². The van der Waals surface area contributed by atoms with Crippen molar-refractivity contribution in [2.45, 2.75) is 30.6 Å². The maximum absolute atomic E-state index is 5.14. The summed E-state index contributed by atoms with van der Waals surface area (Å²) in [5, 5.41) is 0. The van der Waals surface area contributed by atoms with Gasteiger partial charge in [0, 0.05) is 4.90 Å². The standard InChI is InChI=1S/C13H16OS/c1-14-11-7-9-13(10-8-11)15-12-5-3-2-4-6-12/h5,7-10H,2-4,6H2,1H3. The van der Waals surface area contributed by atoms with Gasteiger partial charge in [0.25, 0.3) is 0 Å². The summed E-state index contributed by atoms with van der Waals surface area (Å²) in [5.74, 6) is 0.928. The molecule has 80 valence electrons. The van der Waals surface area contributed by atoms with Gasteiger partial charge in [-0.2, -0.15) is 0 Å². The smallest absolute Gasteiger partial charge is 0.118 e. The summed E-state index contributed by atoms with van der Waals surface area (Å²) in [6.45, 7) is 0. The van der Waals surface area contributed by atoms with E-state index in [1.807, 2.05) is 23.9 Å². The summed E-state index contributed by atoms with van der Waals surface area (Å²) in [5.41, 5.74) is 0. The van der Waals surface area contributed by atoms with E-state index >= 15 is 0 Å². The molecule has 0 atom stereocenters. The third-order valence-corrected chi connectivity index (χ3v) is 3.70. The van der Waals surface area contributed by atoms with Crippen molar-refractivity contribution in [3.05, 3.63) is 35.2 Å². The Balaban J connectivity index is 2.00. The van der Waals surface area contributed by atoms with Crippen LogP contribution in [0.2, 0.25) is 0 Å². The van der Waals surface area contributed by atoms with Crippen LogP contribution in [0.25, 0.3) is 0 Å². The quantitative estimate of drug-likeness (QED) is 0.753. The molecule has 0 N–H and O–H groups in total. The summed E-state index contributed by atoms with van der Waals surface area (Å²) in [6.07, 6.45) is 7.56. The van der Waals surface area contributed by atoms with E-state index in [4.69, 9.17) is 4.74 Å². The summed E-state index contributed by atoms with van der Waals surface area (Å²) in [6, 6.07) is 8.29. The van der Waals surface area contributed by atoms with Crippen LogP contribution in [0.15, 0.2) is 40.1 Å². The molecule has 15 heavy (non-hydrogen) atoms. The zero-order valence-electron chi connectivity index (χ0n) is 9.03. The molecule has 0 fully saturated rings. The lowest BCUT2D eigenvalue weighted by atomic mass is 10.1. The van der Waals surface area contributed by atoms with E-state index in [-0.39, 0.29) is 0 Å². The van der Waals surface area contributed by atoms with Crippen molar-refractivity contribution in [1.82, 2.24) is 0 Å². The van der Waals surface area contributed by atoms with Crippen molar-refractivity contribution in [2.75, 3.05) is 7.11 Å². The normalized spacial score (nSPS) is 15.9. The first-order chi connectivity index (χ1) is 7.38. The van der Waals surface area contributed by atoms with Gasteiger partial charge in [-0.05, 0) is 54.9 Å². The van der Waals surface area contributed by atoms with E-state index < -0.39 is 0 Å². The number of ether oxygens (including phenoxy) is 1.